The van der Waals surface area contributed by atoms with Gasteiger partial charge >= 0.3 is 5.97 Å². The van der Waals surface area contributed by atoms with Gasteiger partial charge in [-0.05, 0) is 36.4 Å². The standard InChI is InChI=1S/C15H10F2O4/c16-10-4-5-13(17)12(7-10)14(19)8-21-15(20)9-2-1-3-11(18)6-9/h1-7,18H,8H2. The topological polar surface area (TPSA) is 63.6 Å². The van der Waals surface area contributed by atoms with E-state index in [4.69, 9.17) is 4.74 Å². The predicted octanol–water partition coefficient (Wildman–Crippen LogP) is 2.71. The molecule has 21 heavy (non-hydrogen) atoms. The molecule has 0 aliphatic rings. The van der Waals surface area contributed by atoms with Gasteiger partial charge in [-0.15, -0.1) is 0 Å². The summed E-state index contributed by atoms with van der Waals surface area (Å²) in [4.78, 5) is 23.3. The van der Waals surface area contributed by atoms with Gasteiger partial charge in [0.05, 0.1) is 11.1 Å². The monoisotopic (exact) mass is 292 g/mol. The highest BCUT2D eigenvalue weighted by Crippen LogP contribution is 2.13. The molecule has 0 spiro atoms. The normalized spacial score (nSPS) is 10.2. The molecule has 4 nitrogen and oxygen atoms in total. The summed E-state index contributed by atoms with van der Waals surface area (Å²) in [7, 11) is 0. The number of ether oxygens (including phenoxy) is 1. The van der Waals surface area contributed by atoms with E-state index in [2.05, 4.69) is 0 Å². The smallest absolute Gasteiger partial charge is 0.338 e. The zero-order valence-electron chi connectivity index (χ0n) is 10.7. The first-order valence-electron chi connectivity index (χ1n) is 5.92. The van der Waals surface area contributed by atoms with Gasteiger partial charge in [-0.2, -0.15) is 0 Å². The number of hydrogen-bond donors (Lipinski definition) is 1. The van der Waals surface area contributed by atoms with Gasteiger partial charge in [-0.25, -0.2) is 13.6 Å². The Morgan fingerprint density at radius 1 is 1.10 bits per heavy atom. The van der Waals surface area contributed by atoms with E-state index in [1.54, 1.807) is 0 Å². The van der Waals surface area contributed by atoms with Crippen LogP contribution in [-0.4, -0.2) is 23.5 Å². The summed E-state index contributed by atoms with van der Waals surface area (Å²) in [5.74, 6) is -3.50. The first-order valence-corrected chi connectivity index (χ1v) is 5.92. The van der Waals surface area contributed by atoms with E-state index in [1.807, 2.05) is 0 Å². The number of phenolic OH excluding ortho intramolecular Hbond substituents is 1. The van der Waals surface area contributed by atoms with E-state index < -0.39 is 35.6 Å². The summed E-state index contributed by atoms with van der Waals surface area (Å²) in [5, 5.41) is 9.22. The van der Waals surface area contributed by atoms with Crippen LogP contribution in [-0.2, 0) is 4.74 Å². The molecule has 0 unspecified atom stereocenters. The summed E-state index contributed by atoms with van der Waals surface area (Å²) >= 11 is 0. The van der Waals surface area contributed by atoms with Crippen LogP contribution in [0.25, 0.3) is 0 Å². The third-order valence-electron chi connectivity index (χ3n) is 2.65. The number of benzene rings is 2. The van der Waals surface area contributed by atoms with Gasteiger partial charge in [0.25, 0.3) is 0 Å². The van der Waals surface area contributed by atoms with E-state index >= 15 is 0 Å². The maximum atomic E-state index is 13.4. The SMILES string of the molecule is O=C(OCC(=O)c1cc(F)ccc1F)c1cccc(O)c1. The molecule has 0 heterocycles. The molecule has 6 heteroatoms. The minimum Gasteiger partial charge on any atom is -0.508 e. The number of hydrogen-bond acceptors (Lipinski definition) is 4. The maximum absolute atomic E-state index is 13.4. The van der Waals surface area contributed by atoms with Crippen LogP contribution in [0, 0.1) is 11.6 Å². The van der Waals surface area contributed by atoms with Crippen LogP contribution in [0.2, 0.25) is 0 Å². The van der Waals surface area contributed by atoms with Crippen LogP contribution >= 0.6 is 0 Å². The fourth-order valence-corrected chi connectivity index (χ4v) is 1.64. The van der Waals surface area contributed by atoms with Crippen molar-refractivity contribution in [3.8, 4) is 5.75 Å². The molecule has 0 aliphatic heterocycles. The van der Waals surface area contributed by atoms with E-state index in [0.29, 0.717) is 0 Å². The van der Waals surface area contributed by atoms with Crippen molar-refractivity contribution >= 4 is 11.8 Å². The number of Topliss-reactive ketones (excluding diaryl/α,β-unsaturated/α-hetero) is 1. The summed E-state index contributed by atoms with van der Waals surface area (Å²) < 4.78 is 31.0. The molecule has 0 saturated carbocycles. The lowest BCUT2D eigenvalue weighted by Crippen LogP contribution is -2.15. The van der Waals surface area contributed by atoms with Gasteiger partial charge in [0.1, 0.15) is 17.4 Å². The van der Waals surface area contributed by atoms with Crippen molar-refractivity contribution in [1.82, 2.24) is 0 Å². The molecule has 0 saturated heterocycles. The quantitative estimate of drug-likeness (QED) is 0.695. The second-order valence-corrected chi connectivity index (χ2v) is 4.17. The molecule has 0 bridgehead atoms. The highest BCUT2D eigenvalue weighted by Gasteiger charge is 2.16. The Morgan fingerprint density at radius 2 is 1.86 bits per heavy atom. The number of phenols is 1. The third kappa shape index (κ3) is 3.62. The molecule has 0 fully saturated rings. The second-order valence-electron chi connectivity index (χ2n) is 4.17. The number of carbonyl (C=O) groups is 2. The predicted molar refractivity (Wildman–Crippen MR) is 69.1 cm³/mol. The number of ketones is 1. The summed E-state index contributed by atoms with van der Waals surface area (Å²) in [6, 6.07) is 7.78. The highest BCUT2D eigenvalue weighted by atomic mass is 19.1. The lowest BCUT2D eigenvalue weighted by atomic mass is 10.1. The largest absolute Gasteiger partial charge is 0.508 e. The first kappa shape index (κ1) is 14.6. The summed E-state index contributed by atoms with van der Waals surface area (Å²) in [5.41, 5.74) is -0.443. The average molecular weight is 292 g/mol. The van der Waals surface area contributed by atoms with E-state index in [1.165, 1.54) is 18.2 Å². The first-order chi connectivity index (χ1) is 9.97. The molecule has 0 aromatic heterocycles. The van der Waals surface area contributed by atoms with Gasteiger partial charge < -0.3 is 9.84 Å². The molecule has 0 radical (unpaired) electrons. The zero-order valence-corrected chi connectivity index (χ0v) is 10.7. The zero-order chi connectivity index (χ0) is 15.4. The van der Waals surface area contributed by atoms with Crippen molar-refractivity contribution in [2.45, 2.75) is 0 Å². The van der Waals surface area contributed by atoms with Crippen LogP contribution in [0.3, 0.4) is 0 Å². The van der Waals surface area contributed by atoms with Crippen LogP contribution in [0.15, 0.2) is 42.5 Å². The molecule has 0 amide bonds. The fourth-order valence-electron chi connectivity index (χ4n) is 1.64. The maximum Gasteiger partial charge on any atom is 0.338 e. The Morgan fingerprint density at radius 3 is 2.57 bits per heavy atom. The van der Waals surface area contributed by atoms with Gasteiger partial charge in [0.2, 0.25) is 5.78 Å². The molecule has 2 rings (SSSR count). The van der Waals surface area contributed by atoms with E-state index in [9.17, 15) is 23.5 Å². The second kappa shape index (κ2) is 6.13. The van der Waals surface area contributed by atoms with Crippen LogP contribution < -0.4 is 0 Å². The molecule has 2 aromatic rings. The summed E-state index contributed by atoms with van der Waals surface area (Å²) in [6.45, 7) is -0.727. The van der Waals surface area contributed by atoms with Gasteiger partial charge in [0, 0.05) is 0 Å². The Bertz CT molecular complexity index is 698. The Labute approximate surface area is 118 Å². The third-order valence-corrected chi connectivity index (χ3v) is 2.65. The van der Waals surface area contributed by atoms with E-state index in [-0.39, 0.29) is 11.3 Å². The van der Waals surface area contributed by atoms with Crippen molar-refractivity contribution in [2.24, 2.45) is 0 Å². The molecular formula is C15H10F2O4. The van der Waals surface area contributed by atoms with Crippen molar-refractivity contribution in [1.29, 1.82) is 0 Å². The Kier molecular flexibility index (Phi) is 4.27. The lowest BCUT2D eigenvalue weighted by molar-refractivity contribution is 0.0473. The fraction of sp³-hybridized carbons (Fsp3) is 0.0667. The van der Waals surface area contributed by atoms with Crippen molar-refractivity contribution in [2.75, 3.05) is 6.61 Å². The molecule has 2 aromatic carbocycles. The molecular weight excluding hydrogens is 282 g/mol. The minimum atomic E-state index is -0.894. The average Bonchev–Trinajstić information content (AvgIpc) is 2.47. The minimum absolute atomic E-state index is 0.0440. The van der Waals surface area contributed by atoms with E-state index in [0.717, 1.165) is 24.3 Å². The lowest BCUT2D eigenvalue weighted by Gasteiger charge is -2.05. The Hall–Kier alpha value is -2.76. The van der Waals surface area contributed by atoms with Gasteiger partial charge in [-0.1, -0.05) is 6.07 Å². The van der Waals surface area contributed by atoms with Crippen LogP contribution in [0.5, 0.6) is 5.75 Å². The number of esters is 1. The molecule has 0 aliphatic carbocycles. The number of rotatable bonds is 4. The van der Waals surface area contributed by atoms with Crippen molar-refractivity contribution in [3.63, 3.8) is 0 Å². The van der Waals surface area contributed by atoms with Crippen LogP contribution in [0.4, 0.5) is 8.78 Å². The van der Waals surface area contributed by atoms with Crippen LogP contribution in [0.1, 0.15) is 20.7 Å². The van der Waals surface area contributed by atoms with Gasteiger partial charge in [0.15, 0.2) is 6.61 Å². The van der Waals surface area contributed by atoms with Gasteiger partial charge in [-0.3, -0.25) is 4.79 Å². The van der Waals surface area contributed by atoms with Crippen molar-refractivity contribution < 1.29 is 28.2 Å². The molecule has 108 valence electrons. The molecule has 0 atom stereocenters. The highest BCUT2D eigenvalue weighted by molar-refractivity contribution is 5.99. The summed E-state index contributed by atoms with van der Waals surface area (Å²) in [6.07, 6.45) is 0. The molecule has 1 N–H and O–H groups in total. The van der Waals surface area contributed by atoms with Crippen molar-refractivity contribution in [3.05, 3.63) is 65.2 Å². The number of aromatic hydroxyl groups is 1. The Balaban J connectivity index is 2.04. The number of halogens is 2. The number of carbonyl (C=O) groups excluding carboxylic acids is 2.